The lowest BCUT2D eigenvalue weighted by molar-refractivity contribution is -0.132. The lowest BCUT2D eigenvalue weighted by Gasteiger charge is -2.23. The molecule has 0 spiro atoms. The Hall–Kier alpha value is -1.51. The molecule has 19 heavy (non-hydrogen) atoms. The van der Waals surface area contributed by atoms with Gasteiger partial charge in [-0.15, -0.1) is 0 Å². The number of anilines is 1. The number of carbonyl (C=O) groups excluding carboxylic acids is 1. The van der Waals surface area contributed by atoms with Gasteiger partial charge in [0.25, 0.3) is 0 Å². The number of likely N-dealkylation sites (tertiary alicyclic amines) is 1. The van der Waals surface area contributed by atoms with Crippen LogP contribution in [0.5, 0.6) is 0 Å². The highest BCUT2D eigenvalue weighted by Crippen LogP contribution is 2.34. The Labute approximate surface area is 115 Å². The molecule has 3 nitrogen and oxygen atoms in total. The smallest absolute Gasteiger partial charge is 0.223 e. The van der Waals surface area contributed by atoms with Crippen molar-refractivity contribution >= 4 is 11.6 Å². The zero-order chi connectivity index (χ0) is 13.4. The number of nitrogens with one attached hydrogen (secondary N) is 1. The topological polar surface area (TPSA) is 32.3 Å². The second-order valence-corrected chi connectivity index (χ2v) is 6.11. The van der Waals surface area contributed by atoms with E-state index in [0.717, 1.165) is 19.5 Å². The van der Waals surface area contributed by atoms with Crippen molar-refractivity contribution in [3.05, 3.63) is 29.8 Å². The monoisotopic (exact) mass is 258 g/mol. The Balaban J connectivity index is 1.68. The average Bonchev–Trinajstić information content (AvgIpc) is 2.94. The van der Waals surface area contributed by atoms with E-state index in [1.54, 1.807) is 0 Å². The summed E-state index contributed by atoms with van der Waals surface area (Å²) < 4.78 is 0. The van der Waals surface area contributed by atoms with Gasteiger partial charge in [0, 0.05) is 37.2 Å². The van der Waals surface area contributed by atoms with Gasteiger partial charge in [-0.2, -0.15) is 0 Å². The van der Waals surface area contributed by atoms with E-state index >= 15 is 0 Å². The van der Waals surface area contributed by atoms with Crippen LogP contribution in [0.15, 0.2) is 24.3 Å². The minimum atomic E-state index is 0.320. The van der Waals surface area contributed by atoms with Crippen LogP contribution < -0.4 is 5.32 Å². The molecule has 1 fully saturated rings. The SMILES string of the molecule is CC1CC(C)N(C(=O)CC2CNc3ccccc32)C1. The van der Waals surface area contributed by atoms with Gasteiger partial charge in [-0.3, -0.25) is 4.79 Å². The maximum absolute atomic E-state index is 12.5. The lowest BCUT2D eigenvalue weighted by atomic mass is 9.97. The first-order chi connectivity index (χ1) is 9.15. The van der Waals surface area contributed by atoms with Crippen LogP contribution in [0.3, 0.4) is 0 Å². The number of para-hydroxylation sites is 1. The number of rotatable bonds is 2. The molecule has 0 saturated carbocycles. The first-order valence-electron chi connectivity index (χ1n) is 7.27. The van der Waals surface area contributed by atoms with Crippen LogP contribution in [0, 0.1) is 5.92 Å². The Kier molecular flexibility index (Phi) is 3.21. The molecule has 2 aliphatic rings. The van der Waals surface area contributed by atoms with Crippen LogP contribution in [0.4, 0.5) is 5.69 Å². The number of hydrogen-bond acceptors (Lipinski definition) is 2. The average molecular weight is 258 g/mol. The van der Waals surface area contributed by atoms with Gasteiger partial charge in [0.15, 0.2) is 0 Å². The van der Waals surface area contributed by atoms with Crippen molar-refractivity contribution in [2.45, 2.75) is 38.6 Å². The van der Waals surface area contributed by atoms with Crippen molar-refractivity contribution in [1.82, 2.24) is 4.90 Å². The molecule has 1 saturated heterocycles. The third-order valence-corrected chi connectivity index (χ3v) is 4.46. The molecule has 1 aromatic carbocycles. The van der Waals surface area contributed by atoms with Crippen molar-refractivity contribution in [1.29, 1.82) is 0 Å². The van der Waals surface area contributed by atoms with Crippen LogP contribution >= 0.6 is 0 Å². The van der Waals surface area contributed by atoms with E-state index in [2.05, 4.69) is 42.3 Å². The van der Waals surface area contributed by atoms with E-state index in [1.807, 2.05) is 6.07 Å². The predicted molar refractivity (Wildman–Crippen MR) is 77.2 cm³/mol. The second-order valence-electron chi connectivity index (χ2n) is 6.11. The van der Waals surface area contributed by atoms with Gasteiger partial charge >= 0.3 is 0 Å². The molecular weight excluding hydrogens is 236 g/mol. The summed E-state index contributed by atoms with van der Waals surface area (Å²) in [5, 5.41) is 3.40. The van der Waals surface area contributed by atoms with Gasteiger partial charge in [-0.05, 0) is 30.9 Å². The summed E-state index contributed by atoms with van der Waals surface area (Å²) in [5.74, 6) is 1.31. The van der Waals surface area contributed by atoms with Crippen LogP contribution in [-0.2, 0) is 4.79 Å². The van der Waals surface area contributed by atoms with Gasteiger partial charge in [0.05, 0.1) is 0 Å². The van der Waals surface area contributed by atoms with E-state index in [-0.39, 0.29) is 0 Å². The Morgan fingerprint density at radius 1 is 1.37 bits per heavy atom. The zero-order valence-electron chi connectivity index (χ0n) is 11.7. The van der Waals surface area contributed by atoms with Crippen LogP contribution in [0.2, 0.25) is 0 Å². The molecule has 3 atom stereocenters. The predicted octanol–water partition coefficient (Wildman–Crippen LogP) is 2.84. The third-order valence-electron chi connectivity index (χ3n) is 4.46. The number of benzene rings is 1. The third kappa shape index (κ3) is 2.34. The summed E-state index contributed by atoms with van der Waals surface area (Å²) in [7, 11) is 0. The van der Waals surface area contributed by atoms with Crippen molar-refractivity contribution in [3.8, 4) is 0 Å². The standard InChI is InChI=1S/C16H22N2O/c1-11-7-12(2)18(10-11)16(19)8-13-9-17-15-6-4-3-5-14(13)15/h3-6,11-13,17H,7-10H2,1-2H3. The molecule has 0 bridgehead atoms. The number of amides is 1. The minimum Gasteiger partial charge on any atom is -0.384 e. The van der Waals surface area contributed by atoms with Crippen LogP contribution in [0.1, 0.15) is 38.2 Å². The van der Waals surface area contributed by atoms with Gasteiger partial charge in [0.1, 0.15) is 0 Å². The Bertz CT molecular complexity index is 485. The first kappa shape index (κ1) is 12.5. The Morgan fingerprint density at radius 3 is 2.89 bits per heavy atom. The fourth-order valence-electron chi connectivity index (χ4n) is 3.51. The Morgan fingerprint density at radius 2 is 2.16 bits per heavy atom. The first-order valence-corrected chi connectivity index (χ1v) is 7.27. The molecule has 2 aliphatic heterocycles. The minimum absolute atomic E-state index is 0.320. The normalized spacial score (nSPS) is 29.2. The summed E-state index contributed by atoms with van der Waals surface area (Å²) in [6.07, 6.45) is 1.78. The van der Waals surface area contributed by atoms with Crippen molar-refractivity contribution < 1.29 is 4.79 Å². The highest BCUT2D eigenvalue weighted by atomic mass is 16.2. The maximum atomic E-state index is 12.5. The van der Waals surface area contributed by atoms with Gasteiger partial charge in [0.2, 0.25) is 5.91 Å². The summed E-state index contributed by atoms with van der Waals surface area (Å²) in [6.45, 7) is 6.23. The fourth-order valence-corrected chi connectivity index (χ4v) is 3.51. The summed E-state index contributed by atoms with van der Waals surface area (Å²) >= 11 is 0. The molecule has 1 N–H and O–H groups in total. The van der Waals surface area contributed by atoms with E-state index in [1.165, 1.54) is 11.3 Å². The van der Waals surface area contributed by atoms with Crippen LogP contribution in [0.25, 0.3) is 0 Å². The largest absolute Gasteiger partial charge is 0.384 e. The maximum Gasteiger partial charge on any atom is 0.223 e. The van der Waals surface area contributed by atoms with E-state index in [9.17, 15) is 4.79 Å². The van der Waals surface area contributed by atoms with Crippen LogP contribution in [-0.4, -0.2) is 29.9 Å². The van der Waals surface area contributed by atoms with Gasteiger partial charge < -0.3 is 10.2 Å². The van der Waals surface area contributed by atoms with Crippen molar-refractivity contribution in [3.63, 3.8) is 0 Å². The summed E-state index contributed by atoms with van der Waals surface area (Å²) in [5.41, 5.74) is 2.50. The molecule has 1 amide bonds. The number of hydrogen-bond donors (Lipinski definition) is 1. The second kappa shape index (κ2) is 4.87. The van der Waals surface area contributed by atoms with E-state index in [4.69, 9.17) is 0 Å². The molecule has 3 rings (SSSR count). The molecule has 2 heterocycles. The van der Waals surface area contributed by atoms with E-state index < -0.39 is 0 Å². The molecule has 3 heteroatoms. The number of nitrogens with zero attached hydrogens (tertiary/aromatic N) is 1. The van der Waals surface area contributed by atoms with Crippen molar-refractivity contribution in [2.75, 3.05) is 18.4 Å². The molecule has 0 aromatic heterocycles. The molecule has 0 aliphatic carbocycles. The molecular formula is C16H22N2O. The quantitative estimate of drug-likeness (QED) is 0.884. The number of carbonyl (C=O) groups is 1. The highest BCUT2D eigenvalue weighted by molar-refractivity contribution is 5.79. The molecule has 1 aromatic rings. The summed E-state index contributed by atoms with van der Waals surface area (Å²) in [6, 6.07) is 8.75. The molecule has 3 unspecified atom stereocenters. The highest BCUT2D eigenvalue weighted by Gasteiger charge is 2.32. The number of fused-ring (bicyclic) bond motifs is 1. The molecule has 0 radical (unpaired) electrons. The van der Waals surface area contributed by atoms with Crippen molar-refractivity contribution in [2.24, 2.45) is 5.92 Å². The molecule has 102 valence electrons. The van der Waals surface area contributed by atoms with E-state index in [0.29, 0.717) is 30.2 Å². The zero-order valence-corrected chi connectivity index (χ0v) is 11.7. The lowest BCUT2D eigenvalue weighted by Crippen LogP contribution is -2.35. The fraction of sp³-hybridized carbons (Fsp3) is 0.562. The van der Waals surface area contributed by atoms with Gasteiger partial charge in [-0.25, -0.2) is 0 Å². The van der Waals surface area contributed by atoms with Gasteiger partial charge in [-0.1, -0.05) is 25.1 Å². The summed E-state index contributed by atoms with van der Waals surface area (Å²) in [4.78, 5) is 14.5.